The third-order valence-electron chi connectivity index (χ3n) is 7.37. The standard InChI is InChI=1S/C30H29N5O4/c36-27-17-23(35-9-12-37-13-10-35)16-25(34-27)24-3-1-2-19-14-21-15-22(4-5-26(21)39-29(19)24)33-18-20-6-7-32-30-28(20)31-8-11-38-30/h1-7,15-17,31,33H,8-14,18H2,(H,34,36). The van der Waals surface area contributed by atoms with Gasteiger partial charge < -0.3 is 34.7 Å². The highest BCUT2D eigenvalue weighted by Gasteiger charge is 2.23. The summed E-state index contributed by atoms with van der Waals surface area (Å²) in [4.78, 5) is 22.1. The normalized spacial score (nSPS) is 15.6. The molecule has 3 N–H and O–H groups in total. The van der Waals surface area contributed by atoms with Crippen LogP contribution < -0.4 is 30.6 Å². The number of ether oxygens (including phenoxy) is 3. The summed E-state index contributed by atoms with van der Waals surface area (Å²) in [5.41, 5.74) is 7.67. The number of benzene rings is 2. The summed E-state index contributed by atoms with van der Waals surface area (Å²) in [6, 6.07) is 18.0. The Balaban J connectivity index is 1.13. The molecule has 1 fully saturated rings. The summed E-state index contributed by atoms with van der Waals surface area (Å²) < 4.78 is 17.6. The Morgan fingerprint density at radius 2 is 1.92 bits per heavy atom. The molecule has 9 nitrogen and oxygen atoms in total. The Labute approximate surface area is 225 Å². The number of pyridine rings is 2. The average Bonchev–Trinajstić information content (AvgIpc) is 2.98. The van der Waals surface area contributed by atoms with Gasteiger partial charge in [-0.1, -0.05) is 12.1 Å². The fraction of sp³-hybridized carbons (Fsp3) is 0.267. The first-order chi connectivity index (χ1) is 19.2. The molecule has 39 heavy (non-hydrogen) atoms. The molecule has 9 heteroatoms. The van der Waals surface area contributed by atoms with E-state index in [1.165, 1.54) is 0 Å². The molecule has 0 aliphatic carbocycles. The van der Waals surface area contributed by atoms with Crippen molar-refractivity contribution in [2.24, 2.45) is 0 Å². The summed E-state index contributed by atoms with van der Waals surface area (Å²) in [6.07, 6.45) is 2.52. The Morgan fingerprint density at radius 1 is 1.00 bits per heavy atom. The van der Waals surface area contributed by atoms with E-state index in [4.69, 9.17) is 14.2 Å². The number of fused-ring (bicyclic) bond motifs is 3. The van der Waals surface area contributed by atoms with E-state index in [1.807, 2.05) is 36.4 Å². The minimum absolute atomic E-state index is 0.129. The van der Waals surface area contributed by atoms with E-state index in [9.17, 15) is 4.79 Å². The maximum Gasteiger partial charge on any atom is 0.250 e. The number of aromatic nitrogens is 2. The van der Waals surface area contributed by atoms with E-state index in [2.05, 4.69) is 37.6 Å². The fourth-order valence-corrected chi connectivity index (χ4v) is 5.42. The maximum atomic E-state index is 12.6. The quantitative estimate of drug-likeness (QED) is 0.312. The first-order valence-electron chi connectivity index (χ1n) is 13.3. The molecule has 3 aliphatic heterocycles. The van der Waals surface area contributed by atoms with Gasteiger partial charge in [0.25, 0.3) is 0 Å². The number of hydrogen-bond donors (Lipinski definition) is 3. The van der Waals surface area contributed by atoms with E-state index in [0.29, 0.717) is 32.2 Å². The number of para-hydroxylation sites is 1. The minimum Gasteiger partial charge on any atom is -0.474 e. The van der Waals surface area contributed by atoms with E-state index in [-0.39, 0.29) is 5.56 Å². The van der Waals surface area contributed by atoms with Gasteiger partial charge in [-0.15, -0.1) is 0 Å². The SMILES string of the molecule is O=c1cc(N2CCOCC2)cc(-c2cccc3c2Oc2ccc(NCc4ccnc5c4NCCO5)cc2C3)[nH]1. The summed E-state index contributed by atoms with van der Waals surface area (Å²) in [5.74, 6) is 2.27. The highest BCUT2D eigenvalue weighted by molar-refractivity contribution is 5.74. The van der Waals surface area contributed by atoms with E-state index < -0.39 is 0 Å². The van der Waals surface area contributed by atoms with Gasteiger partial charge in [0.1, 0.15) is 23.8 Å². The number of aromatic amines is 1. The topological polar surface area (TPSA) is 101 Å². The van der Waals surface area contributed by atoms with Crippen LogP contribution in [0.25, 0.3) is 11.3 Å². The van der Waals surface area contributed by atoms with Crippen LogP contribution in [0.3, 0.4) is 0 Å². The van der Waals surface area contributed by atoms with Crippen molar-refractivity contribution in [3.8, 4) is 28.6 Å². The minimum atomic E-state index is -0.129. The van der Waals surface area contributed by atoms with Gasteiger partial charge in [0.15, 0.2) is 0 Å². The Bertz CT molecular complexity index is 1600. The van der Waals surface area contributed by atoms with Crippen molar-refractivity contribution in [1.82, 2.24) is 9.97 Å². The van der Waals surface area contributed by atoms with E-state index in [0.717, 1.165) is 82.6 Å². The van der Waals surface area contributed by atoms with Gasteiger partial charge >= 0.3 is 0 Å². The first-order valence-corrected chi connectivity index (χ1v) is 13.3. The molecule has 5 heterocycles. The van der Waals surface area contributed by atoms with Crippen molar-refractivity contribution in [3.05, 3.63) is 87.8 Å². The lowest BCUT2D eigenvalue weighted by Gasteiger charge is -2.29. The van der Waals surface area contributed by atoms with Crippen LogP contribution in [-0.2, 0) is 17.7 Å². The third-order valence-corrected chi connectivity index (χ3v) is 7.37. The lowest BCUT2D eigenvalue weighted by Crippen LogP contribution is -2.36. The van der Waals surface area contributed by atoms with Crippen LogP contribution in [0.4, 0.5) is 17.1 Å². The largest absolute Gasteiger partial charge is 0.474 e. The molecule has 7 rings (SSSR count). The zero-order valence-corrected chi connectivity index (χ0v) is 21.5. The summed E-state index contributed by atoms with van der Waals surface area (Å²) in [7, 11) is 0. The van der Waals surface area contributed by atoms with Crippen molar-refractivity contribution < 1.29 is 14.2 Å². The second kappa shape index (κ2) is 9.99. The molecular formula is C30H29N5O4. The smallest absolute Gasteiger partial charge is 0.250 e. The van der Waals surface area contributed by atoms with Gasteiger partial charge in [-0.2, -0.15) is 0 Å². The molecule has 0 bridgehead atoms. The molecular weight excluding hydrogens is 494 g/mol. The van der Waals surface area contributed by atoms with Gasteiger partial charge in [-0.3, -0.25) is 4.79 Å². The molecule has 198 valence electrons. The van der Waals surface area contributed by atoms with Crippen LogP contribution in [0.2, 0.25) is 0 Å². The van der Waals surface area contributed by atoms with Gasteiger partial charge in [-0.05, 0) is 42.0 Å². The van der Waals surface area contributed by atoms with Crippen LogP contribution in [0, 0.1) is 0 Å². The molecule has 0 spiro atoms. The Morgan fingerprint density at radius 3 is 2.85 bits per heavy atom. The molecule has 0 saturated carbocycles. The highest BCUT2D eigenvalue weighted by atomic mass is 16.5. The average molecular weight is 524 g/mol. The molecule has 0 atom stereocenters. The van der Waals surface area contributed by atoms with Crippen molar-refractivity contribution in [3.63, 3.8) is 0 Å². The predicted molar refractivity (Wildman–Crippen MR) is 150 cm³/mol. The number of rotatable bonds is 5. The lowest BCUT2D eigenvalue weighted by molar-refractivity contribution is 0.122. The van der Waals surface area contributed by atoms with Crippen molar-refractivity contribution >= 4 is 17.1 Å². The number of nitrogens with one attached hydrogen (secondary N) is 3. The molecule has 2 aromatic carbocycles. The molecule has 0 amide bonds. The van der Waals surface area contributed by atoms with Crippen molar-refractivity contribution in [2.75, 3.05) is 55.0 Å². The summed E-state index contributed by atoms with van der Waals surface area (Å²) in [6.45, 7) is 4.91. The Kier molecular flexibility index (Phi) is 6.05. The van der Waals surface area contributed by atoms with Gasteiger partial charge in [-0.25, -0.2) is 4.98 Å². The predicted octanol–water partition coefficient (Wildman–Crippen LogP) is 4.39. The lowest BCUT2D eigenvalue weighted by atomic mass is 9.96. The van der Waals surface area contributed by atoms with Crippen molar-refractivity contribution in [1.29, 1.82) is 0 Å². The number of hydrogen-bond acceptors (Lipinski definition) is 8. The third kappa shape index (κ3) is 4.66. The van der Waals surface area contributed by atoms with E-state index >= 15 is 0 Å². The maximum absolute atomic E-state index is 12.6. The van der Waals surface area contributed by atoms with Crippen LogP contribution in [0.1, 0.15) is 16.7 Å². The molecule has 0 radical (unpaired) electrons. The number of anilines is 3. The molecule has 3 aliphatic rings. The molecule has 1 saturated heterocycles. The van der Waals surface area contributed by atoms with Gasteiger partial charge in [0.05, 0.1) is 18.9 Å². The summed E-state index contributed by atoms with van der Waals surface area (Å²) in [5, 5.41) is 6.93. The second-order valence-corrected chi connectivity index (χ2v) is 9.89. The van der Waals surface area contributed by atoms with Gasteiger partial charge in [0, 0.05) is 72.9 Å². The van der Waals surface area contributed by atoms with Crippen LogP contribution in [-0.4, -0.2) is 49.4 Å². The Hall–Kier alpha value is -4.50. The first kappa shape index (κ1) is 23.6. The summed E-state index contributed by atoms with van der Waals surface area (Å²) >= 11 is 0. The van der Waals surface area contributed by atoms with Crippen LogP contribution in [0.5, 0.6) is 17.4 Å². The second-order valence-electron chi connectivity index (χ2n) is 9.89. The number of nitrogens with zero attached hydrogens (tertiary/aromatic N) is 2. The molecule has 0 unspecified atom stereocenters. The zero-order valence-electron chi connectivity index (χ0n) is 21.5. The number of morpholine rings is 1. The van der Waals surface area contributed by atoms with Crippen LogP contribution >= 0.6 is 0 Å². The fourth-order valence-electron chi connectivity index (χ4n) is 5.42. The number of H-pyrrole nitrogens is 1. The van der Waals surface area contributed by atoms with Crippen LogP contribution in [0.15, 0.2) is 65.6 Å². The zero-order chi connectivity index (χ0) is 26.2. The highest BCUT2D eigenvalue weighted by Crippen LogP contribution is 2.43. The molecule has 2 aromatic heterocycles. The van der Waals surface area contributed by atoms with E-state index in [1.54, 1.807) is 12.3 Å². The van der Waals surface area contributed by atoms with Gasteiger partial charge in [0.2, 0.25) is 11.4 Å². The monoisotopic (exact) mass is 523 g/mol. The molecule has 4 aromatic rings. The van der Waals surface area contributed by atoms with Crippen molar-refractivity contribution in [2.45, 2.75) is 13.0 Å².